The lowest BCUT2D eigenvalue weighted by Crippen LogP contribution is -2.06. The van der Waals surface area contributed by atoms with Gasteiger partial charge in [0.15, 0.2) is 0 Å². The van der Waals surface area contributed by atoms with Crippen molar-refractivity contribution < 1.29 is 9.53 Å². The van der Waals surface area contributed by atoms with Crippen molar-refractivity contribution in [2.45, 2.75) is 52.4 Å². The van der Waals surface area contributed by atoms with Crippen LogP contribution in [0.2, 0.25) is 0 Å². The first-order valence-corrected chi connectivity index (χ1v) is 11.4. The maximum absolute atomic E-state index is 11.8. The van der Waals surface area contributed by atoms with Crippen molar-refractivity contribution in [1.29, 1.82) is 0 Å². The van der Waals surface area contributed by atoms with Crippen LogP contribution in [0.4, 0.5) is 0 Å². The second kappa shape index (κ2) is 11.4. The zero-order chi connectivity index (χ0) is 21.2. The van der Waals surface area contributed by atoms with Gasteiger partial charge < -0.3 is 4.74 Å². The molecule has 3 rings (SSSR count). The van der Waals surface area contributed by atoms with Gasteiger partial charge in [-0.3, -0.25) is 4.79 Å². The van der Waals surface area contributed by atoms with Crippen molar-refractivity contribution in [1.82, 2.24) is 10.2 Å². The van der Waals surface area contributed by atoms with Gasteiger partial charge in [0.25, 0.3) is 0 Å². The molecule has 0 saturated carbocycles. The molecule has 0 aliphatic carbocycles. The summed E-state index contributed by atoms with van der Waals surface area (Å²) < 4.78 is 5.38. The Kier molecular flexibility index (Phi) is 8.33. The van der Waals surface area contributed by atoms with Crippen LogP contribution in [0.3, 0.4) is 0 Å². The van der Waals surface area contributed by atoms with Gasteiger partial charge in [-0.05, 0) is 43.0 Å². The molecular weight excluding hydrogens is 392 g/mol. The fourth-order valence-corrected chi connectivity index (χ4v) is 3.96. The maximum atomic E-state index is 11.8. The van der Waals surface area contributed by atoms with E-state index in [9.17, 15) is 4.79 Å². The van der Waals surface area contributed by atoms with E-state index in [1.807, 2.05) is 43.3 Å². The molecule has 0 unspecified atom stereocenters. The number of hydrogen-bond acceptors (Lipinski definition) is 5. The van der Waals surface area contributed by atoms with Crippen LogP contribution in [0.15, 0.2) is 60.7 Å². The number of allylic oxidation sites excluding steroid dienone is 2. The second-order valence-corrected chi connectivity index (χ2v) is 8.20. The highest BCUT2D eigenvalue weighted by atomic mass is 32.1. The predicted octanol–water partition coefficient (Wildman–Crippen LogP) is 6.87. The normalized spacial score (nSPS) is 11.1. The number of nitrogens with zero attached hydrogens (tertiary/aromatic N) is 2. The molecule has 30 heavy (non-hydrogen) atoms. The summed E-state index contributed by atoms with van der Waals surface area (Å²) in [4.78, 5) is 11.8. The molecule has 0 aliphatic heterocycles. The zero-order valence-electron chi connectivity index (χ0n) is 17.6. The van der Waals surface area contributed by atoms with E-state index in [2.05, 4.69) is 41.4 Å². The second-order valence-electron chi connectivity index (χ2n) is 7.14. The van der Waals surface area contributed by atoms with Gasteiger partial charge in [-0.15, -0.1) is 10.2 Å². The van der Waals surface area contributed by atoms with Crippen molar-refractivity contribution in [2.24, 2.45) is 0 Å². The highest BCUT2D eigenvalue weighted by Crippen LogP contribution is 2.28. The fourth-order valence-electron chi connectivity index (χ4n) is 3.07. The molecule has 1 aromatic heterocycles. The molecule has 156 valence electrons. The Morgan fingerprint density at radius 1 is 0.967 bits per heavy atom. The average Bonchev–Trinajstić information content (AvgIpc) is 3.24. The zero-order valence-corrected chi connectivity index (χ0v) is 18.5. The summed E-state index contributed by atoms with van der Waals surface area (Å²) in [6, 6.07) is 16.0. The lowest BCUT2D eigenvalue weighted by atomic mass is 10.0. The SMILES string of the molecule is CC=CCCC(=O)Oc1ccc(-c2ccc(-c3nnc(CCCCC)s3)cc2)cc1. The van der Waals surface area contributed by atoms with E-state index in [1.54, 1.807) is 11.3 Å². The molecule has 0 N–H and O–H groups in total. The minimum absolute atomic E-state index is 0.212. The Morgan fingerprint density at radius 3 is 2.30 bits per heavy atom. The van der Waals surface area contributed by atoms with Gasteiger partial charge in [-0.1, -0.05) is 79.7 Å². The number of carbonyl (C=O) groups excluding carboxylic acids is 1. The summed E-state index contributed by atoms with van der Waals surface area (Å²) in [5.41, 5.74) is 3.27. The maximum Gasteiger partial charge on any atom is 0.311 e. The van der Waals surface area contributed by atoms with E-state index in [0.29, 0.717) is 18.6 Å². The van der Waals surface area contributed by atoms with Crippen LogP contribution in [0.25, 0.3) is 21.7 Å². The largest absolute Gasteiger partial charge is 0.427 e. The lowest BCUT2D eigenvalue weighted by Gasteiger charge is -2.06. The average molecular weight is 421 g/mol. The molecule has 0 spiro atoms. The van der Waals surface area contributed by atoms with E-state index in [4.69, 9.17) is 4.74 Å². The molecule has 0 amide bonds. The summed E-state index contributed by atoms with van der Waals surface area (Å²) in [5.74, 6) is 0.363. The molecule has 0 aliphatic rings. The molecule has 4 nitrogen and oxygen atoms in total. The van der Waals surface area contributed by atoms with Crippen molar-refractivity contribution >= 4 is 17.3 Å². The molecular formula is C25H28N2O2S. The number of aryl methyl sites for hydroxylation is 1. The number of unbranched alkanes of at least 4 members (excludes halogenated alkanes) is 2. The first kappa shape index (κ1) is 21.9. The Bertz CT molecular complexity index is 960. The van der Waals surface area contributed by atoms with Gasteiger partial charge in [0.2, 0.25) is 0 Å². The van der Waals surface area contributed by atoms with Crippen molar-refractivity contribution in [2.75, 3.05) is 0 Å². The highest BCUT2D eigenvalue weighted by Gasteiger charge is 2.08. The number of esters is 1. The molecule has 0 saturated heterocycles. The van der Waals surface area contributed by atoms with Crippen molar-refractivity contribution in [3.05, 3.63) is 65.7 Å². The number of ether oxygens (including phenoxy) is 1. The van der Waals surface area contributed by atoms with Gasteiger partial charge in [0.1, 0.15) is 15.8 Å². The van der Waals surface area contributed by atoms with Crippen LogP contribution in [0.1, 0.15) is 51.0 Å². The summed E-state index contributed by atoms with van der Waals surface area (Å²) in [6.07, 6.45) is 9.62. The van der Waals surface area contributed by atoms with Crippen LogP contribution < -0.4 is 4.74 Å². The van der Waals surface area contributed by atoms with Crippen LogP contribution in [0.5, 0.6) is 5.75 Å². The van der Waals surface area contributed by atoms with E-state index in [-0.39, 0.29) is 5.97 Å². The molecule has 0 atom stereocenters. The van der Waals surface area contributed by atoms with Gasteiger partial charge in [-0.2, -0.15) is 0 Å². The van der Waals surface area contributed by atoms with Crippen LogP contribution in [0, 0.1) is 0 Å². The third-order valence-corrected chi connectivity index (χ3v) is 5.80. The molecule has 5 heteroatoms. The lowest BCUT2D eigenvalue weighted by molar-refractivity contribution is -0.134. The third kappa shape index (κ3) is 6.36. The first-order valence-electron chi connectivity index (χ1n) is 10.5. The van der Waals surface area contributed by atoms with E-state index >= 15 is 0 Å². The standard InChI is InChI=1S/C25H28N2O2S/c1-3-5-7-9-23-26-27-25(30-23)21-13-11-19(12-14-21)20-15-17-22(18-16-20)29-24(28)10-8-6-4-2/h4,6,11-18H,3,5,7-10H2,1-2H3. The number of aromatic nitrogens is 2. The Labute approximate surface area is 182 Å². The topological polar surface area (TPSA) is 52.1 Å². The van der Waals surface area contributed by atoms with E-state index in [0.717, 1.165) is 33.1 Å². The van der Waals surface area contributed by atoms with Gasteiger partial charge >= 0.3 is 5.97 Å². The highest BCUT2D eigenvalue weighted by molar-refractivity contribution is 7.14. The summed E-state index contributed by atoms with van der Waals surface area (Å²) in [7, 11) is 0. The van der Waals surface area contributed by atoms with E-state index in [1.165, 1.54) is 19.3 Å². The van der Waals surface area contributed by atoms with Crippen molar-refractivity contribution in [3.63, 3.8) is 0 Å². The number of carbonyl (C=O) groups is 1. The molecule has 2 aromatic carbocycles. The van der Waals surface area contributed by atoms with Gasteiger partial charge in [0.05, 0.1) is 0 Å². The number of benzene rings is 2. The number of hydrogen-bond donors (Lipinski definition) is 0. The Hall–Kier alpha value is -2.79. The minimum Gasteiger partial charge on any atom is -0.427 e. The summed E-state index contributed by atoms with van der Waals surface area (Å²) >= 11 is 1.68. The van der Waals surface area contributed by atoms with Crippen LogP contribution in [-0.2, 0) is 11.2 Å². The fraction of sp³-hybridized carbons (Fsp3) is 0.320. The summed E-state index contributed by atoms with van der Waals surface area (Å²) in [5, 5.41) is 10.7. The van der Waals surface area contributed by atoms with Crippen molar-refractivity contribution in [3.8, 4) is 27.4 Å². The number of rotatable bonds is 10. The minimum atomic E-state index is -0.212. The quantitative estimate of drug-likeness (QED) is 0.155. The van der Waals surface area contributed by atoms with Crippen LogP contribution >= 0.6 is 11.3 Å². The summed E-state index contributed by atoms with van der Waals surface area (Å²) in [6.45, 7) is 4.15. The third-order valence-electron chi connectivity index (χ3n) is 4.76. The Balaban J connectivity index is 1.60. The first-order chi connectivity index (χ1) is 14.7. The molecule has 3 aromatic rings. The smallest absolute Gasteiger partial charge is 0.311 e. The molecule has 0 radical (unpaired) electrons. The molecule has 0 fully saturated rings. The van der Waals surface area contributed by atoms with Gasteiger partial charge in [-0.25, -0.2) is 0 Å². The monoisotopic (exact) mass is 420 g/mol. The van der Waals surface area contributed by atoms with E-state index < -0.39 is 0 Å². The predicted molar refractivity (Wildman–Crippen MR) is 124 cm³/mol. The Morgan fingerprint density at radius 2 is 1.63 bits per heavy atom. The molecule has 0 bridgehead atoms. The van der Waals surface area contributed by atoms with Gasteiger partial charge in [0, 0.05) is 18.4 Å². The van der Waals surface area contributed by atoms with Crippen LogP contribution in [-0.4, -0.2) is 16.2 Å². The molecule has 1 heterocycles.